The Morgan fingerprint density at radius 2 is 2.07 bits per heavy atom. The van der Waals surface area contributed by atoms with Crippen LogP contribution in [0.5, 0.6) is 0 Å². The maximum atomic E-state index is 13.6. The van der Waals surface area contributed by atoms with Gasteiger partial charge in [-0.2, -0.15) is 0 Å². The summed E-state index contributed by atoms with van der Waals surface area (Å²) in [6, 6.07) is 8.24. The van der Waals surface area contributed by atoms with Crippen molar-refractivity contribution >= 4 is 11.6 Å². The van der Waals surface area contributed by atoms with E-state index in [2.05, 4.69) is 35.9 Å². The summed E-state index contributed by atoms with van der Waals surface area (Å²) in [7, 11) is 0. The quantitative estimate of drug-likeness (QED) is 0.533. The number of rotatable bonds is 4. The van der Waals surface area contributed by atoms with E-state index in [9.17, 15) is 4.39 Å². The first-order valence-electron chi connectivity index (χ1n) is 8.98. The minimum atomic E-state index is -0.522. The van der Waals surface area contributed by atoms with E-state index in [1.807, 2.05) is 6.07 Å². The van der Waals surface area contributed by atoms with Crippen LogP contribution >= 0.6 is 11.6 Å². The first-order chi connectivity index (χ1) is 13.2. The smallest absolute Gasteiger partial charge is 0.222 e. The molecule has 1 aromatic heterocycles. The van der Waals surface area contributed by atoms with Gasteiger partial charge in [0.05, 0.1) is 23.9 Å². The molecule has 0 radical (unpaired) electrons. The molecule has 3 rings (SSSR count). The molecule has 0 atom stereocenters. The first-order valence-corrected chi connectivity index (χ1v) is 9.36. The van der Waals surface area contributed by atoms with Crippen LogP contribution in [0, 0.1) is 23.6 Å². The van der Waals surface area contributed by atoms with Gasteiger partial charge in [0.15, 0.2) is 0 Å². The van der Waals surface area contributed by atoms with Gasteiger partial charge in [0, 0.05) is 23.2 Å². The van der Waals surface area contributed by atoms with Crippen LogP contribution in [0.1, 0.15) is 25.3 Å². The van der Waals surface area contributed by atoms with Crippen molar-refractivity contribution in [3.05, 3.63) is 65.1 Å². The summed E-state index contributed by atoms with van der Waals surface area (Å²) in [5.74, 6) is 5.79. The number of halogens is 2. The number of hydrogen-bond acceptors (Lipinski definition) is 3. The van der Waals surface area contributed by atoms with E-state index < -0.39 is 12.1 Å². The molecular weight excluding hydrogens is 365 g/mol. The third-order valence-electron chi connectivity index (χ3n) is 4.10. The van der Waals surface area contributed by atoms with Crippen LogP contribution in [0.4, 0.5) is 4.39 Å². The van der Waals surface area contributed by atoms with Crippen LogP contribution in [0.3, 0.4) is 0 Å². The third-order valence-corrected chi connectivity index (χ3v) is 4.41. The van der Waals surface area contributed by atoms with Gasteiger partial charge in [-0.1, -0.05) is 49.1 Å². The SMILES string of the molecule is CCCC=CC1COC(C#Cc2ccc(-c3ccc(Cl)c(F)c3)nc2)OC1. The molecule has 5 heteroatoms. The molecule has 3 nitrogen and oxygen atoms in total. The molecule has 0 bridgehead atoms. The Morgan fingerprint density at radius 3 is 2.74 bits per heavy atom. The van der Waals surface area contributed by atoms with Crippen molar-refractivity contribution in [1.82, 2.24) is 4.98 Å². The molecule has 1 aliphatic rings. The fourth-order valence-electron chi connectivity index (χ4n) is 2.60. The Kier molecular flexibility index (Phi) is 7.00. The topological polar surface area (TPSA) is 31.4 Å². The molecule has 0 spiro atoms. The first kappa shape index (κ1) is 19.6. The molecule has 0 saturated carbocycles. The zero-order valence-corrected chi connectivity index (χ0v) is 15.9. The highest BCUT2D eigenvalue weighted by Gasteiger charge is 2.18. The van der Waals surface area contributed by atoms with E-state index in [0.717, 1.165) is 18.4 Å². The molecule has 1 saturated heterocycles. The van der Waals surface area contributed by atoms with Gasteiger partial charge in [-0.05, 0) is 36.6 Å². The zero-order chi connectivity index (χ0) is 19.1. The van der Waals surface area contributed by atoms with Crippen LogP contribution < -0.4 is 0 Å². The van der Waals surface area contributed by atoms with Gasteiger partial charge < -0.3 is 9.47 Å². The minimum Gasteiger partial charge on any atom is -0.341 e. The van der Waals surface area contributed by atoms with Gasteiger partial charge in [-0.3, -0.25) is 4.98 Å². The second-order valence-corrected chi connectivity index (χ2v) is 6.71. The lowest BCUT2D eigenvalue weighted by Gasteiger charge is -2.24. The highest BCUT2D eigenvalue weighted by atomic mass is 35.5. The average molecular weight is 386 g/mol. The minimum absolute atomic E-state index is 0.0943. The van der Waals surface area contributed by atoms with Gasteiger partial charge in [0.1, 0.15) is 5.82 Å². The van der Waals surface area contributed by atoms with Crippen molar-refractivity contribution in [3.63, 3.8) is 0 Å². The number of nitrogens with zero attached hydrogens (tertiary/aromatic N) is 1. The molecular formula is C22H21ClFNO2. The summed E-state index contributed by atoms with van der Waals surface area (Å²) in [6.07, 6.45) is 7.65. The highest BCUT2D eigenvalue weighted by molar-refractivity contribution is 6.30. The summed E-state index contributed by atoms with van der Waals surface area (Å²) >= 11 is 5.71. The van der Waals surface area contributed by atoms with Crippen molar-refractivity contribution in [2.24, 2.45) is 5.92 Å². The van der Waals surface area contributed by atoms with Crippen molar-refractivity contribution in [1.29, 1.82) is 0 Å². The zero-order valence-electron chi connectivity index (χ0n) is 15.1. The Balaban J connectivity index is 1.57. The Morgan fingerprint density at radius 1 is 1.26 bits per heavy atom. The van der Waals surface area contributed by atoms with Crippen molar-refractivity contribution in [3.8, 4) is 23.1 Å². The summed E-state index contributed by atoms with van der Waals surface area (Å²) in [4.78, 5) is 4.33. The summed E-state index contributed by atoms with van der Waals surface area (Å²) in [5.41, 5.74) is 2.06. The lowest BCUT2D eigenvalue weighted by molar-refractivity contribution is -0.160. The van der Waals surface area contributed by atoms with Crippen LogP contribution in [0.15, 0.2) is 48.7 Å². The van der Waals surface area contributed by atoms with Crippen LogP contribution in [-0.4, -0.2) is 24.5 Å². The monoisotopic (exact) mass is 385 g/mol. The number of allylic oxidation sites excluding steroid dienone is 1. The lowest BCUT2D eigenvalue weighted by Crippen LogP contribution is -2.30. The fraction of sp³-hybridized carbons (Fsp3) is 0.318. The van der Waals surface area contributed by atoms with Crippen LogP contribution in [0.2, 0.25) is 5.02 Å². The summed E-state index contributed by atoms with van der Waals surface area (Å²) in [6.45, 7) is 3.37. The number of benzene rings is 1. The van der Waals surface area contributed by atoms with Gasteiger partial charge >= 0.3 is 0 Å². The van der Waals surface area contributed by atoms with Gasteiger partial charge in [0.2, 0.25) is 6.29 Å². The van der Waals surface area contributed by atoms with Crippen LogP contribution in [0.25, 0.3) is 11.3 Å². The second kappa shape index (κ2) is 9.66. The molecule has 1 aromatic carbocycles. The fourth-order valence-corrected chi connectivity index (χ4v) is 2.72. The number of aromatic nitrogens is 1. The van der Waals surface area contributed by atoms with E-state index in [-0.39, 0.29) is 10.9 Å². The molecule has 27 heavy (non-hydrogen) atoms. The van der Waals surface area contributed by atoms with E-state index in [0.29, 0.717) is 24.5 Å². The van der Waals surface area contributed by atoms with E-state index in [1.165, 1.54) is 12.1 Å². The number of unbranched alkanes of at least 4 members (excludes halogenated alkanes) is 1. The summed E-state index contributed by atoms with van der Waals surface area (Å²) < 4.78 is 24.8. The van der Waals surface area contributed by atoms with E-state index in [4.69, 9.17) is 21.1 Å². The normalized spacial score (nSPS) is 19.7. The number of pyridine rings is 1. The van der Waals surface area contributed by atoms with E-state index in [1.54, 1.807) is 18.3 Å². The predicted molar refractivity (Wildman–Crippen MR) is 105 cm³/mol. The third kappa shape index (κ3) is 5.64. The number of hydrogen-bond donors (Lipinski definition) is 0. The Bertz CT molecular complexity index is 847. The molecule has 2 heterocycles. The molecule has 0 N–H and O–H groups in total. The predicted octanol–water partition coefficient (Wildman–Crippen LogP) is 5.24. The molecule has 140 valence electrons. The average Bonchev–Trinajstić information content (AvgIpc) is 2.70. The van der Waals surface area contributed by atoms with Crippen molar-refractivity contribution in [2.75, 3.05) is 13.2 Å². The Labute approximate surface area is 164 Å². The van der Waals surface area contributed by atoms with Crippen molar-refractivity contribution in [2.45, 2.75) is 26.1 Å². The molecule has 2 aromatic rings. The maximum Gasteiger partial charge on any atom is 0.222 e. The molecule has 0 unspecified atom stereocenters. The van der Waals surface area contributed by atoms with Gasteiger partial charge in [-0.25, -0.2) is 4.39 Å². The molecule has 1 aliphatic heterocycles. The van der Waals surface area contributed by atoms with Crippen LogP contribution in [-0.2, 0) is 9.47 Å². The van der Waals surface area contributed by atoms with Gasteiger partial charge in [0.25, 0.3) is 0 Å². The molecule has 1 fully saturated rings. The maximum absolute atomic E-state index is 13.6. The van der Waals surface area contributed by atoms with E-state index >= 15 is 0 Å². The van der Waals surface area contributed by atoms with Gasteiger partial charge in [-0.15, -0.1) is 0 Å². The Hall–Kier alpha value is -2.19. The highest BCUT2D eigenvalue weighted by Crippen LogP contribution is 2.22. The molecule has 0 amide bonds. The second-order valence-electron chi connectivity index (χ2n) is 6.31. The summed E-state index contributed by atoms with van der Waals surface area (Å²) in [5, 5.41) is 0.0943. The molecule has 0 aliphatic carbocycles. The standard InChI is InChI=1S/C22H21ClFNO2/c1-2-3-4-5-17-14-26-22(27-15-17)11-7-16-6-10-21(25-13-16)18-8-9-19(23)20(24)12-18/h4-6,8-10,12-13,17,22H,2-3,14-15H2,1H3. The lowest BCUT2D eigenvalue weighted by atomic mass is 10.1. The van der Waals surface area contributed by atoms with Crippen molar-refractivity contribution < 1.29 is 13.9 Å². The largest absolute Gasteiger partial charge is 0.341 e. The number of ether oxygens (including phenoxy) is 2.